The molecule has 7 nitrogen and oxygen atoms in total. The summed E-state index contributed by atoms with van der Waals surface area (Å²) in [6, 6.07) is 1.29. The Hall–Kier alpha value is -2.74. The van der Waals surface area contributed by atoms with E-state index in [1.807, 2.05) is 40.0 Å². The fourth-order valence-electron chi connectivity index (χ4n) is 3.91. The van der Waals surface area contributed by atoms with Crippen molar-refractivity contribution >= 4 is 45.6 Å². The number of aryl methyl sites for hydroxylation is 4. The summed E-state index contributed by atoms with van der Waals surface area (Å²) in [5.74, 6) is 0.762. The van der Waals surface area contributed by atoms with Crippen molar-refractivity contribution in [3.8, 4) is 0 Å². The van der Waals surface area contributed by atoms with Crippen LogP contribution in [0, 0.1) is 27.7 Å². The molecule has 3 rings (SSSR count). The Morgan fingerprint density at radius 3 is 2.38 bits per heavy atom. The van der Waals surface area contributed by atoms with Crippen LogP contribution in [-0.4, -0.2) is 37.0 Å². The van der Waals surface area contributed by atoms with Gasteiger partial charge >= 0.3 is 11.6 Å². The third-order valence-electron chi connectivity index (χ3n) is 5.98. The number of benzene rings is 1. The number of ether oxygens (including phenoxy) is 1. The summed E-state index contributed by atoms with van der Waals surface area (Å²) in [5.41, 5.74) is 3.86. The van der Waals surface area contributed by atoms with E-state index in [0.717, 1.165) is 38.8 Å². The van der Waals surface area contributed by atoms with Gasteiger partial charge in [0.05, 0.1) is 7.11 Å². The number of amides is 1. The number of thioether (sulfide) groups is 1. The molecule has 3 aromatic rings. The molecule has 0 spiro atoms. The van der Waals surface area contributed by atoms with Gasteiger partial charge in [-0.1, -0.05) is 0 Å². The van der Waals surface area contributed by atoms with E-state index in [4.69, 9.17) is 13.6 Å². The number of carbonyl (C=O) groups excluding carboxylic acids is 2. The molecular formula is C24H29NO6S. The van der Waals surface area contributed by atoms with Crippen LogP contribution < -0.4 is 10.9 Å². The first-order valence-electron chi connectivity index (χ1n) is 10.5. The average Bonchev–Trinajstić information content (AvgIpc) is 3.05. The number of hydrogen-bond donors (Lipinski definition) is 1. The van der Waals surface area contributed by atoms with Crippen LogP contribution in [0.15, 0.2) is 19.7 Å². The van der Waals surface area contributed by atoms with Crippen molar-refractivity contribution in [2.75, 3.05) is 19.1 Å². The van der Waals surface area contributed by atoms with Crippen molar-refractivity contribution in [1.82, 2.24) is 5.32 Å². The maximum atomic E-state index is 12.7. The Bertz CT molecular complexity index is 1240. The van der Waals surface area contributed by atoms with Crippen molar-refractivity contribution < 1.29 is 23.2 Å². The summed E-state index contributed by atoms with van der Waals surface area (Å²) in [5, 5.41) is 4.54. The van der Waals surface area contributed by atoms with E-state index in [2.05, 4.69) is 5.32 Å². The molecule has 2 aromatic heterocycles. The molecule has 2 heterocycles. The lowest BCUT2D eigenvalue weighted by Gasteiger charge is -2.16. The van der Waals surface area contributed by atoms with Gasteiger partial charge in [0, 0.05) is 28.3 Å². The molecule has 8 heteroatoms. The van der Waals surface area contributed by atoms with Crippen LogP contribution >= 0.6 is 11.8 Å². The van der Waals surface area contributed by atoms with Crippen molar-refractivity contribution in [1.29, 1.82) is 0 Å². The van der Waals surface area contributed by atoms with Gasteiger partial charge in [-0.15, -0.1) is 0 Å². The minimum absolute atomic E-state index is 0.0644. The molecule has 0 radical (unpaired) electrons. The number of fused-ring (bicyclic) bond motifs is 2. The van der Waals surface area contributed by atoms with Gasteiger partial charge in [-0.05, 0) is 69.7 Å². The molecule has 1 aromatic carbocycles. The molecule has 1 amide bonds. The smallest absolute Gasteiger partial charge is 0.339 e. The Kier molecular flexibility index (Phi) is 7.33. The molecule has 1 atom stereocenters. The number of rotatable bonds is 8. The van der Waals surface area contributed by atoms with Crippen LogP contribution in [0.5, 0.6) is 0 Å². The minimum atomic E-state index is -0.697. The molecule has 0 saturated carbocycles. The van der Waals surface area contributed by atoms with Crippen molar-refractivity contribution in [2.24, 2.45) is 0 Å². The highest BCUT2D eigenvalue weighted by molar-refractivity contribution is 7.98. The van der Waals surface area contributed by atoms with E-state index >= 15 is 0 Å². The number of furan rings is 1. The highest BCUT2D eigenvalue weighted by atomic mass is 32.2. The van der Waals surface area contributed by atoms with Crippen molar-refractivity contribution in [3.05, 3.63) is 44.5 Å². The predicted octanol–water partition coefficient (Wildman–Crippen LogP) is 4.12. The van der Waals surface area contributed by atoms with Crippen LogP contribution in [0.4, 0.5) is 0 Å². The van der Waals surface area contributed by atoms with E-state index in [-0.39, 0.29) is 18.7 Å². The molecule has 1 N–H and O–H groups in total. The molecule has 0 unspecified atom stereocenters. The zero-order chi connectivity index (χ0) is 23.6. The first-order chi connectivity index (χ1) is 15.2. The summed E-state index contributed by atoms with van der Waals surface area (Å²) in [7, 11) is 1.30. The van der Waals surface area contributed by atoms with E-state index in [0.29, 0.717) is 23.3 Å². The normalized spacial score (nSPS) is 12.3. The lowest BCUT2D eigenvalue weighted by atomic mass is 9.98. The Labute approximate surface area is 190 Å². The zero-order valence-corrected chi connectivity index (χ0v) is 20.2. The average molecular weight is 460 g/mol. The summed E-state index contributed by atoms with van der Waals surface area (Å²) in [6.45, 7) is 7.66. The van der Waals surface area contributed by atoms with Gasteiger partial charge in [0.25, 0.3) is 0 Å². The molecule has 172 valence electrons. The SMILES string of the molecule is COC(=O)[C@H](CCSC)NC(=O)CCc1c(C)c2cc3c(C)c(C)oc3c(C)c2oc1=O. The summed E-state index contributed by atoms with van der Waals surface area (Å²) in [4.78, 5) is 37.2. The van der Waals surface area contributed by atoms with Gasteiger partial charge in [-0.2, -0.15) is 11.8 Å². The highest BCUT2D eigenvalue weighted by Crippen LogP contribution is 2.34. The van der Waals surface area contributed by atoms with Gasteiger partial charge < -0.3 is 18.9 Å². The van der Waals surface area contributed by atoms with Gasteiger partial charge in [0.15, 0.2) is 0 Å². The number of carbonyl (C=O) groups is 2. The topological polar surface area (TPSA) is 98.8 Å². The van der Waals surface area contributed by atoms with E-state index in [1.165, 1.54) is 7.11 Å². The number of esters is 1. The first kappa shape index (κ1) is 23.9. The maximum Gasteiger partial charge on any atom is 0.339 e. The Morgan fingerprint density at radius 1 is 1.06 bits per heavy atom. The zero-order valence-electron chi connectivity index (χ0n) is 19.3. The van der Waals surface area contributed by atoms with Crippen LogP contribution in [0.3, 0.4) is 0 Å². The fourth-order valence-corrected chi connectivity index (χ4v) is 4.38. The summed E-state index contributed by atoms with van der Waals surface area (Å²) in [6.07, 6.45) is 2.69. The Morgan fingerprint density at radius 2 is 1.72 bits per heavy atom. The van der Waals surface area contributed by atoms with Crippen molar-refractivity contribution in [3.63, 3.8) is 0 Å². The molecule has 0 fully saturated rings. The third-order valence-corrected chi connectivity index (χ3v) is 6.62. The fraction of sp³-hybridized carbons (Fsp3) is 0.458. The van der Waals surface area contributed by atoms with E-state index in [9.17, 15) is 14.4 Å². The molecule has 0 aliphatic heterocycles. The van der Waals surface area contributed by atoms with Gasteiger partial charge in [0.2, 0.25) is 5.91 Å². The molecule has 0 saturated heterocycles. The number of hydrogen-bond acceptors (Lipinski definition) is 7. The van der Waals surface area contributed by atoms with Gasteiger partial charge in [-0.25, -0.2) is 9.59 Å². The maximum absolute atomic E-state index is 12.7. The lowest BCUT2D eigenvalue weighted by Crippen LogP contribution is -2.42. The second-order valence-electron chi connectivity index (χ2n) is 7.96. The minimum Gasteiger partial charge on any atom is -0.467 e. The van der Waals surface area contributed by atoms with Crippen LogP contribution in [0.2, 0.25) is 0 Å². The van der Waals surface area contributed by atoms with Crippen LogP contribution in [0.25, 0.3) is 21.9 Å². The van der Waals surface area contributed by atoms with Crippen LogP contribution in [0.1, 0.15) is 40.9 Å². The van der Waals surface area contributed by atoms with E-state index in [1.54, 1.807) is 11.8 Å². The largest absolute Gasteiger partial charge is 0.467 e. The summed E-state index contributed by atoms with van der Waals surface area (Å²) < 4.78 is 16.3. The monoisotopic (exact) mass is 459 g/mol. The number of nitrogens with one attached hydrogen (secondary N) is 1. The van der Waals surface area contributed by atoms with Crippen molar-refractivity contribution in [2.45, 2.75) is 53.0 Å². The standard InChI is InChI=1S/C24H29NO6S/c1-12-15(4)30-21-14(3)22-18(11-17(12)21)13(2)16(23(27)31-22)7-8-20(26)25-19(9-10-32-6)24(28)29-5/h11,19H,7-10H2,1-6H3,(H,25,26)/t19-/m0/s1. The van der Waals surface area contributed by atoms with Crippen LogP contribution in [-0.2, 0) is 20.7 Å². The molecule has 0 aliphatic rings. The molecule has 32 heavy (non-hydrogen) atoms. The predicted molar refractivity (Wildman–Crippen MR) is 126 cm³/mol. The number of methoxy groups -OCH3 is 1. The second kappa shape index (κ2) is 9.81. The second-order valence-corrected chi connectivity index (χ2v) is 8.94. The third kappa shape index (κ3) is 4.55. The molecule has 0 bridgehead atoms. The quantitative estimate of drug-likeness (QED) is 0.400. The van der Waals surface area contributed by atoms with Gasteiger partial charge in [-0.3, -0.25) is 4.79 Å². The first-order valence-corrected chi connectivity index (χ1v) is 11.9. The lowest BCUT2D eigenvalue weighted by molar-refractivity contribution is -0.145. The molecule has 0 aliphatic carbocycles. The van der Waals surface area contributed by atoms with Gasteiger partial charge in [0.1, 0.15) is 23.0 Å². The highest BCUT2D eigenvalue weighted by Gasteiger charge is 2.22. The van der Waals surface area contributed by atoms with E-state index < -0.39 is 17.6 Å². The summed E-state index contributed by atoms with van der Waals surface area (Å²) >= 11 is 1.58. The molecular weight excluding hydrogens is 430 g/mol. The Balaban J connectivity index is 1.88.